The first-order valence-electron chi connectivity index (χ1n) is 23.1. The highest BCUT2D eigenvalue weighted by atomic mass is 33.1. The van der Waals surface area contributed by atoms with Gasteiger partial charge in [0.1, 0.15) is 5.75 Å². The average Bonchev–Trinajstić information content (AvgIpc) is 3.75. The third-order valence-corrected chi connectivity index (χ3v) is 19.4. The number of rotatable bonds is 3. The van der Waals surface area contributed by atoms with Gasteiger partial charge < -0.3 is 15.7 Å². The molecular formula is C50H72N2OS2. The first-order valence-corrected chi connectivity index (χ1v) is 25.5. The largest absolute Gasteiger partial charge is 0.508 e. The predicted octanol–water partition coefficient (Wildman–Crippen LogP) is 12.3. The van der Waals surface area contributed by atoms with Crippen LogP contribution in [0.5, 0.6) is 5.75 Å². The lowest BCUT2D eigenvalue weighted by atomic mass is 9.44. The number of allylic oxidation sites excluding steroid dienone is 2. The van der Waals surface area contributed by atoms with Gasteiger partial charge in [0, 0.05) is 30.1 Å². The monoisotopic (exact) mass is 781 g/mol. The van der Waals surface area contributed by atoms with Crippen LogP contribution in [0.2, 0.25) is 0 Å². The molecular weight excluding hydrogens is 709 g/mol. The summed E-state index contributed by atoms with van der Waals surface area (Å²) in [7, 11) is 4.28. The van der Waals surface area contributed by atoms with Gasteiger partial charge in [-0.15, -0.1) is 0 Å². The Balaban J connectivity index is 1.06. The number of nitrogens with one attached hydrogen (secondary N) is 2. The maximum Gasteiger partial charge on any atom is 0.116 e. The van der Waals surface area contributed by atoms with Gasteiger partial charge in [0.15, 0.2) is 0 Å². The summed E-state index contributed by atoms with van der Waals surface area (Å²) < 4.78 is 0. The minimum atomic E-state index is 0.353. The molecule has 7 aliphatic rings. The minimum Gasteiger partial charge on any atom is -0.508 e. The van der Waals surface area contributed by atoms with Crippen molar-refractivity contribution in [3.05, 3.63) is 76.9 Å². The van der Waals surface area contributed by atoms with Crippen molar-refractivity contribution in [3.63, 3.8) is 0 Å². The summed E-state index contributed by atoms with van der Waals surface area (Å²) >= 11 is 0. The molecule has 0 radical (unpaired) electrons. The van der Waals surface area contributed by atoms with Crippen molar-refractivity contribution in [1.29, 1.82) is 0 Å². The van der Waals surface area contributed by atoms with Crippen LogP contribution in [0, 0.1) is 51.8 Å². The molecule has 4 bridgehead atoms. The van der Waals surface area contributed by atoms with E-state index in [0.29, 0.717) is 34.0 Å². The van der Waals surface area contributed by atoms with Gasteiger partial charge in [0.05, 0.1) is 0 Å². The van der Waals surface area contributed by atoms with Gasteiger partial charge in [-0.2, -0.15) is 0 Å². The summed E-state index contributed by atoms with van der Waals surface area (Å²) in [5, 5.41) is 19.4. The number of aromatic hydroxyl groups is 1. The molecule has 0 unspecified atom stereocenters. The fraction of sp³-hybridized carbons (Fsp3) is 0.720. The van der Waals surface area contributed by atoms with E-state index in [1.165, 1.54) is 144 Å². The molecule has 0 saturated heterocycles. The van der Waals surface area contributed by atoms with Crippen LogP contribution in [0.1, 0.15) is 145 Å². The van der Waals surface area contributed by atoms with Crippen molar-refractivity contribution < 1.29 is 5.11 Å². The normalized spacial score (nSPS) is 38.2. The summed E-state index contributed by atoms with van der Waals surface area (Å²) in [5.41, 5.74) is 6.82. The molecule has 5 saturated carbocycles. The fourth-order valence-electron chi connectivity index (χ4n) is 14.6. The summed E-state index contributed by atoms with van der Waals surface area (Å²) in [6.45, 7) is 7.12. The second kappa shape index (κ2) is 16.7. The van der Waals surface area contributed by atoms with E-state index in [9.17, 15) is 5.11 Å². The van der Waals surface area contributed by atoms with Crippen LogP contribution in [0.3, 0.4) is 0 Å². The zero-order valence-electron chi connectivity index (χ0n) is 34.3. The Morgan fingerprint density at radius 3 is 2.49 bits per heavy atom. The third kappa shape index (κ3) is 8.54. The van der Waals surface area contributed by atoms with Gasteiger partial charge in [-0.25, -0.2) is 0 Å². The predicted molar refractivity (Wildman–Crippen MR) is 236 cm³/mol. The highest BCUT2D eigenvalue weighted by Gasteiger charge is 2.63. The maximum atomic E-state index is 11.3. The van der Waals surface area contributed by atoms with Gasteiger partial charge >= 0.3 is 0 Å². The molecule has 3 nitrogen and oxygen atoms in total. The second-order valence-corrected chi connectivity index (χ2v) is 23.4. The number of hydrogen-bond acceptors (Lipinski definition) is 5. The number of hydrogen-bond donors (Lipinski definition) is 3. The Bertz CT molecular complexity index is 1650. The molecule has 9 atom stereocenters. The molecule has 0 amide bonds. The van der Waals surface area contributed by atoms with Crippen LogP contribution in [0.15, 0.2) is 54.6 Å². The topological polar surface area (TPSA) is 44.3 Å². The summed E-state index contributed by atoms with van der Waals surface area (Å²) in [5.74, 6) is 7.56. The zero-order valence-corrected chi connectivity index (χ0v) is 36.0. The van der Waals surface area contributed by atoms with E-state index in [4.69, 9.17) is 0 Å². The van der Waals surface area contributed by atoms with Gasteiger partial charge in [-0.05, 0) is 189 Å². The van der Waals surface area contributed by atoms with Gasteiger partial charge in [0.2, 0.25) is 0 Å². The highest BCUT2D eigenvalue weighted by Crippen LogP contribution is 2.72. The van der Waals surface area contributed by atoms with Crippen LogP contribution in [0.4, 0.5) is 0 Å². The van der Waals surface area contributed by atoms with Crippen LogP contribution < -0.4 is 10.6 Å². The maximum absolute atomic E-state index is 11.3. The first kappa shape index (κ1) is 39.1. The van der Waals surface area contributed by atoms with Crippen molar-refractivity contribution in [2.45, 2.75) is 154 Å². The lowest BCUT2D eigenvalue weighted by Crippen LogP contribution is -2.52. The Labute approximate surface area is 342 Å². The molecule has 2 aromatic rings. The Morgan fingerprint density at radius 2 is 1.65 bits per heavy atom. The molecule has 55 heavy (non-hydrogen) atoms. The van der Waals surface area contributed by atoms with Crippen molar-refractivity contribution >= 4 is 21.6 Å². The molecule has 3 N–H and O–H groups in total. The average molecular weight is 781 g/mol. The Morgan fingerprint density at radius 1 is 0.855 bits per heavy atom. The lowest BCUT2D eigenvalue weighted by Gasteiger charge is -2.61. The summed E-state index contributed by atoms with van der Waals surface area (Å²) in [6, 6.07) is 16.9. The van der Waals surface area contributed by atoms with Crippen LogP contribution in [0.25, 0.3) is 0 Å². The standard InChI is InChI=1S/C50H72N2OS2/c1-35-11-10-18-50(26-35)34-48(27-43(49(33-48)16-8-9-17-49)30-52-44-14-4-3-5-15-44)28-46-42-21-38-19-37(23-45(53)24-38)20-40-12-6-7-13-41(40)29-51-36(2)31-54-55-32-39(22-42)25-47(46)50/h6-7,10,12-13,18-19,23-24,35-36,39,42-44,46-47,51-53H,3-5,8-9,11,14-17,20-22,25-34H2,1-2H3/t35-,36+,39+,42+,43-,46-,47-,48+,50+/m1/s1. The minimum absolute atomic E-state index is 0.353. The molecule has 9 rings (SSSR count). The third-order valence-electron chi connectivity index (χ3n) is 16.7. The number of phenolic OH excluding ortho intramolecular Hbond substituents is 1. The molecule has 5 fully saturated rings. The van der Waals surface area contributed by atoms with Crippen LogP contribution in [-0.4, -0.2) is 35.2 Å². The molecule has 1 heterocycles. The van der Waals surface area contributed by atoms with E-state index in [0.717, 1.165) is 60.8 Å². The fourth-order valence-corrected chi connectivity index (χ4v) is 17.4. The Kier molecular flexibility index (Phi) is 11.9. The van der Waals surface area contributed by atoms with Crippen molar-refractivity contribution in [2.24, 2.45) is 51.8 Å². The van der Waals surface area contributed by atoms with Crippen LogP contribution >= 0.6 is 21.6 Å². The zero-order chi connectivity index (χ0) is 37.5. The molecule has 1 aliphatic heterocycles. The summed E-state index contributed by atoms with van der Waals surface area (Å²) in [6.07, 6.45) is 31.9. The van der Waals surface area contributed by atoms with E-state index >= 15 is 0 Å². The van der Waals surface area contributed by atoms with E-state index < -0.39 is 0 Å². The molecule has 3 spiro atoms. The number of benzene rings is 2. The number of fused-ring (bicyclic) bond motifs is 8. The van der Waals surface area contributed by atoms with Crippen molar-refractivity contribution in [3.8, 4) is 5.75 Å². The smallest absolute Gasteiger partial charge is 0.116 e. The van der Waals surface area contributed by atoms with Crippen molar-refractivity contribution in [2.75, 3.05) is 18.1 Å². The molecule has 5 heteroatoms. The second-order valence-electron chi connectivity index (χ2n) is 20.8. The molecule has 6 aliphatic carbocycles. The quantitative estimate of drug-likeness (QED) is 0.214. The van der Waals surface area contributed by atoms with Crippen molar-refractivity contribution in [1.82, 2.24) is 10.6 Å². The molecule has 2 aromatic carbocycles. The van der Waals surface area contributed by atoms with Gasteiger partial charge in [-0.1, -0.05) is 103 Å². The van der Waals surface area contributed by atoms with E-state index in [-0.39, 0.29) is 0 Å². The molecule has 0 aromatic heterocycles. The van der Waals surface area contributed by atoms with Crippen LogP contribution in [-0.2, 0) is 19.4 Å². The first-order chi connectivity index (χ1) is 26.8. The lowest BCUT2D eigenvalue weighted by molar-refractivity contribution is -0.0844. The van der Waals surface area contributed by atoms with E-state index in [2.05, 4.69) is 94.6 Å². The van der Waals surface area contributed by atoms with Gasteiger partial charge in [0.25, 0.3) is 0 Å². The summed E-state index contributed by atoms with van der Waals surface area (Å²) in [4.78, 5) is 0. The molecule has 300 valence electrons. The van der Waals surface area contributed by atoms with Gasteiger partial charge in [-0.3, -0.25) is 0 Å². The Hall–Kier alpha value is -1.40. The van der Waals surface area contributed by atoms with E-state index in [1.807, 2.05) is 6.07 Å². The SMILES string of the molecule is C[C@@H]1CC=C[C@]2(C1)C[C@]1(C[C@@H]3[C@H]4Cc5cc(O)cc(c5)Cc5ccccc5CN[C@@H](C)CSSC[C@@H](C4)C[C@H]32)C[C@H](CNC2CCCCC2)C2(CCCC2)C1. The van der Waals surface area contributed by atoms with E-state index in [1.54, 1.807) is 0 Å². The highest BCUT2D eigenvalue weighted by molar-refractivity contribution is 8.76. The number of phenols is 1.